The van der Waals surface area contributed by atoms with Crippen LogP contribution in [0.1, 0.15) is 38.2 Å². The van der Waals surface area contributed by atoms with Crippen molar-refractivity contribution in [1.82, 2.24) is 5.43 Å². The second-order valence-electron chi connectivity index (χ2n) is 5.25. The van der Waals surface area contributed by atoms with Crippen molar-refractivity contribution >= 4 is 0 Å². The number of ether oxygens (including phenoxy) is 1. The second-order valence-corrected chi connectivity index (χ2v) is 5.25. The summed E-state index contributed by atoms with van der Waals surface area (Å²) in [5.41, 5.74) is 3.82. The molecular formula is C15H23FN2O. The van der Waals surface area contributed by atoms with E-state index < -0.39 is 0 Å². The van der Waals surface area contributed by atoms with Crippen LogP contribution in [-0.4, -0.2) is 18.2 Å². The lowest BCUT2D eigenvalue weighted by atomic mass is 9.87. The standard InChI is InChI=1S/C15H23FN2O/c1-2-19-15(9-3-4-10-15)14(18-17)11-12-5-7-13(16)8-6-12/h5-8,14,18H,2-4,9-11,17H2,1H3. The fourth-order valence-electron chi connectivity index (χ4n) is 3.11. The largest absolute Gasteiger partial charge is 0.374 e. The van der Waals surface area contributed by atoms with E-state index in [1.807, 2.05) is 19.1 Å². The zero-order valence-electron chi connectivity index (χ0n) is 11.5. The van der Waals surface area contributed by atoms with E-state index in [2.05, 4.69) is 5.43 Å². The predicted molar refractivity (Wildman–Crippen MR) is 74.0 cm³/mol. The average Bonchev–Trinajstić information content (AvgIpc) is 2.88. The number of hydrazine groups is 1. The Morgan fingerprint density at radius 3 is 2.47 bits per heavy atom. The van der Waals surface area contributed by atoms with E-state index in [-0.39, 0.29) is 17.5 Å². The molecule has 1 aromatic rings. The highest BCUT2D eigenvalue weighted by Crippen LogP contribution is 2.37. The van der Waals surface area contributed by atoms with Gasteiger partial charge in [0, 0.05) is 6.61 Å². The lowest BCUT2D eigenvalue weighted by Gasteiger charge is -2.37. The molecule has 0 aromatic heterocycles. The van der Waals surface area contributed by atoms with Gasteiger partial charge < -0.3 is 4.74 Å². The molecule has 0 radical (unpaired) electrons. The molecule has 3 N–H and O–H groups in total. The zero-order valence-corrected chi connectivity index (χ0v) is 11.5. The Morgan fingerprint density at radius 1 is 1.32 bits per heavy atom. The van der Waals surface area contributed by atoms with Crippen molar-refractivity contribution in [2.45, 2.75) is 50.7 Å². The normalized spacial score (nSPS) is 19.5. The molecule has 1 unspecified atom stereocenters. The molecule has 19 heavy (non-hydrogen) atoms. The van der Waals surface area contributed by atoms with E-state index in [0.29, 0.717) is 6.61 Å². The average molecular weight is 266 g/mol. The van der Waals surface area contributed by atoms with Crippen LogP contribution in [0.15, 0.2) is 24.3 Å². The number of benzene rings is 1. The molecule has 1 aliphatic carbocycles. The molecule has 0 bridgehead atoms. The van der Waals surface area contributed by atoms with Gasteiger partial charge in [0.25, 0.3) is 0 Å². The van der Waals surface area contributed by atoms with Crippen molar-refractivity contribution in [2.24, 2.45) is 5.84 Å². The third-order valence-electron chi connectivity index (χ3n) is 4.07. The maximum atomic E-state index is 12.9. The predicted octanol–water partition coefficient (Wildman–Crippen LogP) is 2.55. The molecule has 2 rings (SSSR count). The molecule has 0 amide bonds. The van der Waals surface area contributed by atoms with Crippen molar-refractivity contribution in [3.63, 3.8) is 0 Å². The van der Waals surface area contributed by atoms with E-state index in [9.17, 15) is 4.39 Å². The minimum Gasteiger partial charge on any atom is -0.374 e. The van der Waals surface area contributed by atoms with Crippen LogP contribution in [0.5, 0.6) is 0 Å². The third-order valence-corrected chi connectivity index (χ3v) is 4.07. The van der Waals surface area contributed by atoms with Crippen LogP contribution in [-0.2, 0) is 11.2 Å². The van der Waals surface area contributed by atoms with Crippen LogP contribution in [0, 0.1) is 5.82 Å². The molecule has 4 heteroatoms. The highest BCUT2D eigenvalue weighted by atomic mass is 19.1. The van der Waals surface area contributed by atoms with Gasteiger partial charge in [-0.3, -0.25) is 11.3 Å². The molecule has 1 aromatic carbocycles. The van der Waals surface area contributed by atoms with Crippen LogP contribution in [0.3, 0.4) is 0 Å². The van der Waals surface area contributed by atoms with Gasteiger partial charge in [0.15, 0.2) is 0 Å². The maximum Gasteiger partial charge on any atom is 0.123 e. The quantitative estimate of drug-likeness (QED) is 0.614. The van der Waals surface area contributed by atoms with Gasteiger partial charge >= 0.3 is 0 Å². The third kappa shape index (κ3) is 3.32. The first-order chi connectivity index (χ1) is 9.20. The Balaban J connectivity index is 2.11. The van der Waals surface area contributed by atoms with Crippen LogP contribution in [0.25, 0.3) is 0 Å². The number of nitrogens with one attached hydrogen (secondary N) is 1. The van der Waals surface area contributed by atoms with Gasteiger partial charge in [0.05, 0.1) is 11.6 Å². The van der Waals surface area contributed by atoms with Crippen LogP contribution in [0.4, 0.5) is 4.39 Å². The van der Waals surface area contributed by atoms with Crippen LogP contribution >= 0.6 is 0 Å². The van der Waals surface area contributed by atoms with Crippen LogP contribution < -0.4 is 11.3 Å². The summed E-state index contributed by atoms with van der Waals surface area (Å²) < 4.78 is 19.0. The van der Waals surface area contributed by atoms with Gasteiger partial charge in [0.1, 0.15) is 5.82 Å². The number of hydrogen-bond acceptors (Lipinski definition) is 3. The van der Waals surface area contributed by atoms with Crippen molar-refractivity contribution in [2.75, 3.05) is 6.61 Å². The lowest BCUT2D eigenvalue weighted by Crippen LogP contribution is -2.54. The topological polar surface area (TPSA) is 47.3 Å². The molecular weight excluding hydrogens is 243 g/mol. The Kier molecular flexibility index (Phi) is 4.91. The van der Waals surface area contributed by atoms with Gasteiger partial charge in [-0.05, 0) is 43.9 Å². The fraction of sp³-hybridized carbons (Fsp3) is 0.600. The van der Waals surface area contributed by atoms with E-state index in [0.717, 1.165) is 24.8 Å². The highest BCUT2D eigenvalue weighted by molar-refractivity contribution is 5.18. The number of rotatable bonds is 6. The second kappa shape index (κ2) is 6.46. The summed E-state index contributed by atoms with van der Waals surface area (Å²) in [6, 6.07) is 6.68. The molecule has 106 valence electrons. The molecule has 1 fully saturated rings. The molecule has 0 aliphatic heterocycles. The van der Waals surface area contributed by atoms with Gasteiger partial charge in [-0.25, -0.2) is 4.39 Å². The molecule has 0 spiro atoms. The van der Waals surface area contributed by atoms with Gasteiger partial charge in [-0.15, -0.1) is 0 Å². The molecule has 0 heterocycles. The maximum absolute atomic E-state index is 12.9. The molecule has 3 nitrogen and oxygen atoms in total. The Hall–Kier alpha value is -0.970. The van der Waals surface area contributed by atoms with Gasteiger partial charge in [0.2, 0.25) is 0 Å². The van der Waals surface area contributed by atoms with E-state index in [1.165, 1.54) is 25.0 Å². The number of nitrogens with two attached hydrogens (primary N) is 1. The summed E-state index contributed by atoms with van der Waals surface area (Å²) in [7, 11) is 0. The number of halogens is 1. The first-order valence-corrected chi connectivity index (χ1v) is 7.05. The smallest absolute Gasteiger partial charge is 0.123 e. The SMILES string of the molecule is CCOC1(C(Cc2ccc(F)cc2)NN)CCCC1. The van der Waals surface area contributed by atoms with E-state index >= 15 is 0 Å². The monoisotopic (exact) mass is 266 g/mol. The molecule has 1 saturated carbocycles. The highest BCUT2D eigenvalue weighted by Gasteiger charge is 2.41. The first-order valence-electron chi connectivity index (χ1n) is 7.05. The molecule has 0 saturated heterocycles. The Bertz CT molecular complexity index is 388. The minimum atomic E-state index is -0.207. The molecule has 1 atom stereocenters. The summed E-state index contributed by atoms with van der Waals surface area (Å²) in [5, 5.41) is 0. The van der Waals surface area contributed by atoms with Gasteiger partial charge in [-0.2, -0.15) is 0 Å². The van der Waals surface area contributed by atoms with Crippen molar-refractivity contribution < 1.29 is 9.13 Å². The van der Waals surface area contributed by atoms with Crippen molar-refractivity contribution in [3.05, 3.63) is 35.6 Å². The van der Waals surface area contributed by atoms with E-state index in [1.54, 1.807) is 0 Å². The summed E-state index contributed by atoms with van der Waals surface area (Å²) in [4.78, 5) is 0. The molecule has 1 aliphatic rings. The van der Waals surface area contributed by atoms with Crippen LogP contribution in [0.2, 0.25) is 0 Å². The minimum absolute atomic E-state index is 0.0698. The summed E-state index contributed by atoms with van der Waals surface area (Å²) in [6.07, 6.45) is 5.20. The first kappa shape index (κ1) is 14.4. The number of hydrogen-bond donors (Lipinski definition) is 2. The fourth-order valence-corrected chi connectivity index (χ4v) is 3.11. The van der Waals surface area contributed by atoms with Gasteiger partial charge in [-0.1, -0.05) is 25.0 Å². The lowest BCUT2D eigenvalue weighted by molar-refractivity contribution is -0.0613. The van der Waals surface area contributed by atoms with E-state index in [4.69, 9.17) is 10.6 Å². The van der Waals surface area contributed by atoms with Crippen molar-refractivity contribution in [1.29, 1.82) is 0 Å². The Labute approximate surface area is 114 Å². The summed E-state index contributed by atoms with van der Waals surface area (Å²) in [6.45, 7) is 2.72. The van der Waals surface area contributed by atoms with Crippen molar-refractivity contribution in [3.8, 4) is 0 Å². The zero-order chi connectivity index (χ0) is 13.7. The summed E-state index contributed by atoms with van der Waals surface area (Å²) in [5.74, 6) is 5.53. The summed E-state index contributed by atoms with van der Waals surface area (Å²) >= 11 is 0. The Morgan fingerprint density at radius 2 is 1.95 bits per heavy atom.